The van der Waals surface area contributed by atoms with Crippen LogP contribution < -0.4 is 0 Å². The second-order valence-electron chi connectivity index (χ2n) is 7.83. The van der Waals surface area contributed by atoms with E-state index in [0.29, 0.717) is 12.0 Å². The summed E-state index contributed by atoms with van der Waals surface area (Å²) in [7, 11) is 0. The number of hydrogen-bond acceptors (Lipinski definition) is 4. The Morgan fingerprint density at radius 3 is 2.74 bits per heavy atom. The third-order valence-corrected chi connectivity index (χ3v) is 5.33. The van der Waals surface area contributed by atoms with Crippen LogP contribution in [0.4, 0.5) is 0 Å². The normalized spacial score (nSPS) is 35.2. The van der Waals surface area contributed by atoms with Gasteiger partial charge in [0.2, 0.25) is 0 Å². The predicted molar refractivity (Wildman–Crippen MR) is 93.1 cm³/mol. The fraction of sp³-hybridized carbons (Fsp3) is 0.789. The SMILES string of the molecule is C/C(=C/C[C@@H](C)/C=C1\CN2CCC[C@H]2[C@@](C)(O)C1)[C@H](O)[C@H](C)O. The number of aliphatic hydroxyl groups is 3. The van der Waals surface area contributed by atoms with Crippen molar-refractivity contribution >= 4 is 0 Å². The second-order valence-corrected chi connectivity index (χ2v) is 7.83. The quantitative estimate of drug-likeness (QED) is 0.679. The van der Waals surface area contributed by atoms with Gasteiger partial charge in [-0.05, 0) is 64.5 Å². The predicted octanol–water partition coefficient (Wildman–Crippen LogP) is 2.25. The van der Waals surface area contributed by atoms with Crippen molar-refractivity contribution in [3.05, 3.63) is 23.3 Å². The Kier molecular flexibility index (Phi) is 6.06. The molecule has 0 saturated carbocycles. The summed E-state index contributed by atoms with van der Waals surface area (Å²) in [6.07, 6.45) is 6.66. The number of piperidine rings is 1. The fourth-order valence-electron chi connectivity index (χ4n) is 4.07. The Morgan fingerprint density at radius 1 is 1.39 bits per heavy atom. The maximum atomic E-state index is 10.7. The molecule has 0 radical (unpaired) electrons. The molecule has 0 aromatic carbocycles. The molecule has 3 N–H and O–H groups in total. The zero-order chi connectivity index (χ0) is 17.2. The van der Waals surface area contributed by atoms with E-state index < -0.39 is 17.8 Å². The summed E-state index contributed by atoms with van der Waals surface area (Å²) in [5.74, 6) is 0.358. The molecule has 2 rings (SSSR count). The first kappa shape index (κ1) is 18.7. The highest BCUT2D eigenvalue weighted by atomic mass is 16.3. The van der Waals surface area contributed by atoms with Gasteiger partial charge in [0.25, 0.3) is 0 Å². The van der Waals surface area contributed by atoms with Crippen molar-refractivity contribution in [2.75, 3.05) is 13.1 Å². The number of allylic oxidation sites excluding steroid dienone is 2. The molecule has 2 fully saturated rings. The highest BCUT2D eigenvalue weighted by molar-refractivity contribution is 5.18. The highest BCUT2D eigenvalue weighted by Gasteiger charge is 2.43. The standard InChI is InChI=1S/C19H33NO3/c1-13(7-8-14(2)18(22)15(3)21)10-16-11-19(4,23)17-6-5-9-20(17)12-16/h8,10,13,15,17-18,21-23H,5-7,9,11-12H2,1-4H3/b14-8-,16-10-/t13-,15+,17+,18+,19+/m1/s1. The lowest BCUT2D eigenvalue weighted by Gasteiger charge is -2.43. The summed E-state index contributed by atoms with van der Waals surface area (Å²) in [4.78, 5) is 2.42. The van der Waals surface area contributed by atoms with Crippen LogP contribution in [0.25, 0.3) is 0 Å². The Morgan fingerprint density at radius 2 is 2.09 bits per heavy atom. The van der Waals surface area contributed by atoms with Gasteiger partial charge in [-0.2, -0.15) is 0 Å². The van der Waals surface area contributed by atoms with Crippen LogP contribution in [-0.2, 0) is 0 Å². The van der Waals surface area contributed by atoms with Crippen LogP contribution in [0.1, 0.15) is 53.4 Å². The fourth-order valence-corrected chi connectivity index (χ4v) is 4.07. The van der Waals surface area contributed by atoms with Crippen LogP contribution in [0.3, 0.4) is 0 Å². The monoisotopic (exact) mass is 323 g/mol. The lowest BCUT2D eigenvalue weighted by Crippen LogP contribution is -2.52. The van der Waals surface area contributed by atoms with E-state index in [0.717, 1.165) is 37.9 Å². The van der Waals surface area contributed by atoms with Gasteiger partial charge in [-0.1, -0.05) is 24.6 Å². The molecule has 0 unspecified atom stereocenters. The van der Waals surface area contributed by atoms with E-state index in [1.54, 1.807) is 6.92 Å². The molecule has 0 spiro atoms. The highest BCUT2D eigenvalue weighted by Crippen LogP contribution is 2.37. The summed E-state index contributed by atoms with van der Waals surface area (Å²) in [6.45, 7) is 9.66. The first-order valence-electron chi connectivity index (χ1n) is 8.89. The van der Waals surface area contributed by atoms with Crippen LogP contribution >= 0.6 is 0 Å². The molecule has 4 heteroatoms. The molecule has 5 atom stereocenters. The van der Waals surface area contributed by atoms with Crippen molar-refractivity contribution in [1.29, 1.82) is 0 Å². The van der Waals surface area contributed by atoms with E-state index in [2.05, 4.69) is 17.9 Å². The second kappa shape index (κ2) is 7.47. The summed E-state index contributed by atoms with van der Waals surface area (Å²) in [6, 6.07) is 0.318. The van der Waals surface area contributed by atoms with Crippen molar-refractivity contribution in [3.63, 3.8) is 0 Å². The molecule has 4 nitrogen and oxygen atoms in total. The maximum absolute atomic E-state index is 10.7. The lowest BCUT2D eigenvalue weighted by molar-refractivity contribution is -0.0330. The molecular weight excluding hydrogens is 290 g/mol. The van der Waals surface area contributed by atoms with Gasteiger partial charge >= 0.3 is 0 Å². The summed E-state index contributed by atoms with van der Waals surface area (Å²) in [5.41, 5.74) is 1.53. The minimum atomic E-state index is -0.782. The van der Waals surface area contributed by atoms with Crippen LogP contribution in [0.2, 0.25) is 0 Å². The topological polar surface area (TPSA) is 63.9 Å². The summed E-state index contributed by atoms with van der Waals surface area (Å²) >= 11 is 0. The van der Waals surface area contributed by atoms with Crippen molar-refractivity contribution in [3.8, 4) is 0 Å². The van der Waals surface area contributed by atoms with Crippen LogP contribution in [0.5, 0.6) is 0 Å². The number of fused-ring (bicyclic) bond motifs is 1. The number of aliphatic hydroxyl groups excluding tert-OH is 2. The van der Waals surface area contributed by atoms with Gasteiger partial charge in [-0.3, -0.25) is 4.90 Å². The summed E-state index contributed by atoms with van der Waals surface area (Å²) < 4.78 is 0. The number of hydrogen-bond donors (Lipinski definition) is 3. The minimum absolute atomic E-state index is 0.318. The molecule has 0 amide bonds. The van der Waals surface area contributed by atoms with Crippen molar-refractivity contribution in [1.82, 2.24) is 4.90 Å². The molecule has 132 valence electrons. The van der Waals surface area contributed by atoms with E-state index >= 15 is 0 Å². The van der Waals surface area contributed by atoms with Crippen LogP contribution in [0, 0.1) is 5.92 Å². The Labute approximate surface area is 140 Å². The number of nitrogens with zero attached hydrogens (tertiary/aromatic N) is 1. The molecule has 2 saturated heterocycles. The molecule has 0 aliphatic carbocycles. The lowest BCUT2D eigenvalue weighted by atomic mass is 9.82. The smallest absolute Gasteiger partial charge is 0.100 e. The van der Waals surface area contributed by atoms with E-state index in [9.17, 15) is 15.3 Å². The van der Waals surface area contributed by atoms with Gasteiger partial charge < -0.3 is 15.3 Å². The molecule has 23 heavy (non-hydrogen) atoms. The van der Waals surface area contributed by atoms with E-state index in [1.165, 1.54) is 12.0 Å². The third kappa shape index (κ3) is 4.66. The molecular formula is C19H33NO3. The Hall–Kier alpha value is -0.680. The third-order valence-electron chi connectivity index (χ3n) is 5.33. The Balaban J connectivity index is 1.97. The van der Waals surface area contributed by atoms with E-state index in [4.69, 9.17) is 0 Å². The molecule has 0 aromatic rings. The summed E-state index contributed by atoms with van der Waals surface area (Å²) in [5, 5.41) is 30.0. The van der Waals surface area contributed by atoms with Crippen molar-refractivity contribution < 1.29 is 15.3 Å². The number of rotatable bonds is 5. The molecule has 2 heterocycles. The zero-order valence-corrected chi connectivity index (χ0v) is 15.0. The van der Waals surface area contributed by atoms with Gasteiger partial charge in [0.05, 0.1) is 11.7 Å². The van der Waals surface area contributed by atoms with E-state index in [-0.39, 0.29) is 0 Å². The van der Waals surface area contributed by atoms with Crippen LogP contribution in [0.15, 0.2) is 23.3 Å². The largest absolute Gasteiger partial charge is 0.390 e. The van der Waals surface area contributed by atoms with Gasteiger partial charge in [0.1, 0.15) is 6.10 Å². The zero-order valence-electron chi connectivity index (χ0n) is 15.0. The Bertz CT molecular complexity index is 467. The maximum Gasteiger partial charge on any atom is 0.100 e. The van der Waals surface area contributed by atoms with Crippen LogP contribution in [-0.4, -0.2) is 57.2 Å². The average molecular weight is 323 g/mol. The minimum Gasteiger partial charge on any atom is -0.390 e. The van der Waals surface area contributed by atoms with Gasteiger partial charge in [0.15, 0.2) is 0 Å². The van der Waals surface area contributed by atoms with E-state index in [1.807, 2.05) is 19.9 Å². The first-order valence-corrected chi connectivity index (χ1v) is 8.89. The average Bonchev–Trinajstić information content (AvgIpc) is 2.92. The van der Waals surface area contributed by atoms with Gasteiger partial charge in [-0.25, -0.2) is 0 Å². The molecule has 2 aliphatic heterocycles. The molecule has 0 aromatic heterocycles. The van der Waals surface area contributed by atoms with Crippen molar-refractivity contribution in [2.24, 2.45) is 5.92 Å². The molecule has 0 bridgehead atoms. The van der Waals surface area contributed by atoms with Gasteiger partial charge in [0, 0.05) is 12.6 Å². The molecule has 2 aliphatic rings. The first-order chi connectivity index (χ1) is 10.7. The van der Waals surface area contributed by atoms with Gasteiger partial charge in [-0.15, -0.1) is 0 Å². The van der Waals surface area contributed by atoms with Crippen molar-refractivity contribution in [2.45, 2.75) is 77.2 Å².